The molecule has 1 nitrogen and oxygen atoms in total. The van der Waals surface area contributed by atoms with Crippen molar-refractivity contribution in [3.8, 4) is 0 Å². The van der Waals surface area contributed by atoms with Gasteiger partial charge in [-0.15, -0.1) is 0 Å². The molecule has 0 saturated carbocycles. The monoisotopic (exact) mass is 191 g/mol. The molecule has 1 aromatic carbocycles. The molecule has 2 heteroatoms. The number of benzene rings is 1. The lowest BCUT2D eigenvalue weighted by Gasteiger charge is -2.04. The van der Waals surface area contributed by atoms with Gasteiger partial charge < -0.3 is 0 Å². The van der Waals surface area contributed by atoms with Crippen LogP contribution < -0.4 is 0 Å². The number of nitrogens with zero attached hydrogens (tertiary/aromatic N) is 1. The van der Waals surface area contributed by atoms with Gasteiger partial charge in [0.1, 0.15) is 0 Å². The van der Waals surface area contributed by atoms with E-state index >= 15 is 0 Å². The van der Waals surface area contributed by atoms with Crippen molar-refractivity contribution in [2.45, 2.75) is 13.8 Å². The molecule has 0 radical (unpaired) electrons. The number of aromatic nitrogens is 1. The molecule has 1 aromatic heterocycles. The molecule has 2 rings (SSSR count). The third kappa shape index (κ3) is 1.40. The average molecular weight is 192 g/mol. The molecule has 0 aliphatic heterocycles. The highest BCUT2D eigenvalue weighted by Gasteiger charge is 2.02. The van der Waals surface area contributed by atoms with Crippen LogP contribution in [-0.2, 0) is 0 Å². The minimum atomic E-state index is 0.775. The van der Waals surface area contributed by atoms with E-state index in [0.29, 0.717) is 0 Å². The molecule has 66 valence electrons. The van der Waals surface area contributed by atoms with Crippen LogP contribution in [0.1, 0.15) is 11.1 Å². The fourth-order valence-corrected chi connectivity index (χ4v) is 1.78. The quantitative estimate of drug-likeness (QED) is 0.621. The van der Waals surface area contributed by atoms with Crippen LogP contribution in [0.2, 0.25) is 5.02 Å². The first-order valence-electron chi connectivity index (χ1n) is 4.20. The van der Waals surface area contributed by atoms with E-state index in [-0.39, 0.29) is 0 Å². The first kappa shape index (κ1) is 8.52. The molecule has 0 atom stereocenters. The molecule has 0 spiro atoms. The molecule has 0 unspecified atom stereocenters. The second kappa shape index (κ2) is 3.00. The van der Waals surface area contributed by atoms with E-state index in [9.17, 15) is 0 Å². The van der Waals surface area contributed by atoms with Crippen LogP contribution in [0.5, 0.6) is 0 Å². The Hall–Kier alpha value is -1.08. The predicted molar refractivity (Wildman–Crippen MR) is 56.2 cm³/mol. The van der Waals surface area contributed by atoms with Crippen molar-refractivity contribution in [1.29, 1.82) is 0 Å². The fraction of sp³-hybridized carbons (Fsp3) is 0.182. The van der Waals surface area contributed by atoms with Gasteiger partial charge in [0.2, 0.25) is 0 Å². The van der Waals surface area contributed by atoms with E-state index in [0.717, 1.165) is 15.9 Å². The Morgan fingerprint density at radius 3 is 2.77 bits per heavy atom. The summed E-state index contributed by atoms with van der Waals surface area (Å²) in [5.74, 6) is 0. The molecule has 1 heterocycles. The summed E-state index contributed by atoms with van der Waals surface area (Å²) in [6.07, 6.45) is 1.74. The molecule has 13 heavy (non-hydrogen) atoms. The number of halogens is 1. The van der Waals surface area contributed by atoms with Crippen LogP contribution >= 0.6 is 11.6 Å². The molecular formula is C11H10ClN. The molecule has 0 aliphatic carbocycles. The van der Waals surface area contributed by atoms with Crippen molar-refractivity contribution in [3.05, 3.63) is 40.5 Å². The van der Waals surface area contributed by atoms with E-state index in [1.807, 2.05) is 6.07 Å². The maximum Gasteiger partial charge on any atom is 0.0746 e. The molecule has 0 fully saturated rings. The van der Waals surface area contributed by atoms with Crippen LogP contribution in [-0.4, -0.2) is 4.98 Å². The highest BCUT2D eigenvalue weighted by Crippen LogP contribution is 2.24. The van der Waals surface area contributed by atoms with Crippen LogP contribution in [0, 0.1) is 13.8 Å². The predicted octanol–water partition coefficient (Wildman–Crippen LogP) is 3.51. The Bertz CT molecular complexity index is 463. The third-order valence-electron chi connectivity index (χ3n) is 2.13. The van der Waals surface area contributed by atoms with Gasteiger partial charge in [0.05, 0.1) is 10.5 Å². The summed E-state index contributed by atoms with van der Waals surface area (Å²) in [6.45, 7) is 4.12. The van der Waals surface area contributed by atoms with E-state index < -0.39 is 0 Å². The SMILES string of the molecule is Cc1cc(C)c2nccc(Cl)c2c1. The number of rotatable bonds is 0. The normalized spacial score (nSPS) is 10.7. The second-order valence-electron chi connectivity index (χ2n) is 3.27. The van der Waals surface area contributed by atoms with Gasteiger partial charge in [-0.1, -0.05) is 23.2 Å². The van der Waals surface area contributed by atoms with Crippen LogP contribution in [0.25, 0.3) is 10.9 Å². The van der Waals surface area contributed by atoms with Gasteiger partial charge in [0.25, 0.3) is 0 Å². The van der Waals surface area contributed by atoms with Crippen molar-refractivity contribution in [3.63, 3.8) is 0 Å². The molecule has 0 saturated heterocycles. The standard InChI is InChI=1S/C11H10ClN/c1-7-5-8(2)11-9(6-7)10(12)3-4-13-11/h3-6H,1-2H3. The largest absolute Gasteiger partial charge is 0.256 e. The van der Waals surface area contributed by atoms with E-state index in [1.54, 1.807) is 6.20 Å². The summed E-state index contributed by atoms with van der Waals surface area (Å²) in [6, 6.07) is 6.01. The van der Waals surface area contributed by atoms with E-state index in [2.05, 4.69) is 31.0 Å². The Balaban J connectivity index is 2.94. The van der Waals surface area contributed by atoms with Gasteiger partial charge in [-0.05, 0) is 31.5 Å². The van der Waals surface area contributed by atoms with Crippen molar-refractivity contribution in [2.24, 2.45) is 0 Å². The average Bonchev–Trinajstić information content (AvgIpc) is 2.07. The Labute approximate surface area is 82.4 Å². The molecule has 0 bridgehead atoms. The molecular weight excluding hydrogens is 182 g/mol. The third-order valence-corrected chi connectivity index (χ3v) is 2.46. The summed E-state index contributed by atoms with van der Waals surface area (Å²) in [5.41, 5.74) is 3.40. The first-order chi connectivity index (χ1) is 6.18. The zero-order chi connectivity index (χ0) is 9.42. The van der Waals surface area contributed by atoms with Crippen molar-refractivity contribution in [2.75, 3.05) is 0 Å². The molecule has 0 amide bonds. The fourth-order valence-electron chi connectivity index (χ4n) is 1.58. The molecule has 0 N–H and O–H groups in total. The first-order valence-corrected chi connectivity index (χ1v) is 4.58. The Morgan fingerprint density at radius 2 is 2.00 bits per heavy atom. The Kier molecular flexibility index (Phi) is 1.97. The van der Waals surface area contributed by atoms with Gasteiger partial charge in [0.15, 0.2) is 0 Å². The highest BCUT2D eigenvalue weighted by molar-refractivity contribution is 6.35. The number of fused-ring (bicyclic) bond motifs is 1. The van der Waals surface area contributed by atoms with Gasteiger partial charge in [-0.25, -0.2) is 0 Å². The topological polar surface area (TPSA) is 12.9 Å². The number of pyridine rings is 1. The van der Waals surface area contributed by atoms with Crippen molar-refractivity contribution in [1.82, 2.24) is 4.98 Å². The van der Waals surface area contributed by atoms with Gasteiger partial charge >= 0.3 is 0 Å². The zero-order valence-corrected chi connectivity index (χ0v) is 8.39. The van der Waals surface area contributed by atoms with Gasteiger partial charge in [-0.2, -0.15) is 0 Å². The smallest absolute Gasteiger partial charge is 0.0746 e. The van der Waals surface area contributed by atoms with Crippen LogP contribution in [0.4, 0.5) is 0 Å². The summed E-state index contributed by atoms with van der Waals surface area (Å²) in [7, 11) is 0. The number of aryl methyl sites for hydroxylation is 2. The maximum atomic E-state index is 6.06. The maximum absolute atomic E-state index is 6.06. The van der Waals surface area contributed by atoms with E-state index in [1.165, 1.54) is 11.1 Å². The summed E-state index contributed by atoms with van der Waals surface area (Å²) in [4.78, 5) is 4.30. The molecule has 2 aromatic rings. The van der Waals surface area contributed by atoms with Gasteiger partial charge in [0, 0.05) is 11.6 Å². The number of hydrogen-bond donors (Lipinski definition) is 0. The summed E-state index contributed by atoms with van der Waals surface area (Å²) >= 11 is 6.06. The second-order valence-corrected chi connectivity index (χ2v) is 3.68. The van der Waals surface area contributed by atoms with Crippen LogP contribution in [0.3, 0.4) is 0 Å². The lowest BCUT2D eigenvalue weighted by molar-refractivity contribution is 1.34. The summed E-state index contributed by atoms with van der Waals surface area (Å²) in [5, 5.41) is 1.82. The lowest BCUT2D eigenvalue weighted by Crippen LogP contribution is -1.85. The highest BCUT2D eigenvalue weighted by atomic mass is 35.5. The number of hydrogen-bond acceptors (Lipinski definition) is 1. The van der Waals surface area contributed by atoms with Crippen LogP contribution in [0.15, 0.2) is 24.4 Å². The Morgan fingerprint density at radius 1 is 1.23 bits per heavy atom. The lowest BCUT2D eigenvalue weighted by atomic mass is 10.1. The van der Waals surface area contributed by atoms with Crippen molar-refractivity contribution >= 4 is 22.5 Å². The summed E-state index contributed by atoms with van der Waals surface area (Å²) < 4.78 is 0. The minimum Gasteiger partial charge on any atom is -0.256 e. The molecule has 0 aliphatic rings. The minimum absolute atomic E-state index is 0.775. The van der Waals surface area contributed by atoms with E-state index in [4.69, 9.17) is 11.6 Å². The van der Waals surface area contributed by atoms with Crippen molar-refractivity contribution < 1.29 is 0 Å². The zero-order valence-electron chi connectivity index (χ0n) is 7.63. The van der Waals surface area contributed by atoms with Gasteiger partial charge in [-0.3, -0.25) is 4.98 Å².